The first-order valence-electron chi connectivity index (χ1n) is 6.42. The van der Waals surface area contributed by atoms with Gasteiger partial charge in [-0.05, 0) is 18.3 Å². The molecule has 0 bridgehead atoms. The third kappa shape index (κ3) is 3.19. The third-order valence-corrected chi connectivity index (χ3v) is 3.19. The molecule has 0 saturated carbocycles. The van der Waals surface area contributed by atoms with Gasteiger partial charge in [-0.25, -0.2) is 4.79 Å². The minimum atomic E-state index is -1.15. The highest BCUT2D eigenvalue weighted by Gasteiger charge is 2.66. The van der Waals surface area contributed by atoms with E-state index in [1.54, 1.807) is 0 Å². The van der Waals surface area contributed by atoms with Gasteiger partial charge >= 0.3 is 11.8 Å². The van der Waals surface area contributed by atoms with Crippen molar-refractivity contribution in [3.05, 3.63) is 0 Å². The Balaban J connectivity index is 2.64. The zero-order chi connectivity index (χ0) is 13.1. The van der Waals surface area contributed by atoms with Gasteiger partial charge in [0.2, 0.25) is 0 Å². The molecule has 1 rings (SSSR count). The zero-order valence-electron chi connectivity index (χ0n) is 11.5. The molecular formula is C13H24O4. The third-order valence-electron chi connectivity index (χ3n) is 3.19. The van der Waals surface area contributed by atoms with Crippen LogP contribution in [0.1, 0.15) is 53.9 Å². The average molecular weight is 244 g/mol. The number of carbonyl (C=O) groups excluding carboxylic acids is 1. The standard InChI is InChI=1S/C13H24O4/c1-6-8-9-15-11(14)13(16-17-13)10(7-2)12(3,4)5/h10H,6-9H2,1-5H3. The molecule has 1 saturated heterocycles. The maximum atomic E-state index is 12.0. The number of esters is 1. The fourth-order valence-corrected chi connectivity index (χ4v) is 2.23. The smallest absolute Gasteiger partial charge is 0.373 e. The molecule has 0 amide bonds. The molecule has 1 atom stereocenters. The average Bonchev–Trinajstić information content (AvgIpc) is 2.98. The minimum Gasteiger partial charge on any atom is -0.462 e. The molecule has 4 heteroatoms. The minimum absolute atomic E-state index is 0.00382. The van der Waals surface area contributed by atoms with Crippen LogP contribution >= 0.6 is 0 Å². The summed E-state index contributed by atoms with van der Waals surface area (Å²) in [6.45, 7) is 10.7. The Kier molecular flexibility index (Phi) is 4.55. The molecule has 100 valence electrons. The largest absolute Gasteiger partial charge is 0.462 e. The summed E-state index contributed by atoms with van der Waals surface area (Å²) in [5.41, 5.74) is -0.0605. The SMILES string of the molecule is CCCCOC(=O)C1(C(CC)C(C)(C)C)OO1. The van der Waals surface area contributed by atoms with Crippen molar-refractivity contribution in [2.45, 2.75) is 59.7 Å². The molecular weight excluding hydrogens is 220 g/mol. The van der Waals surface area contributed by atoms with Gasteiger partial charge in [0.15, 0.2) is 0 Å². The molecule has 1 fully saturated rings. The highest BCUT2D eigenvalue weighted by Crippen LogP contribution is 2.48. The first-order chi connectivity index (χ1) is 7.88. The van der Waals surface area contributed by atoms with E-state index in [0.29, 0.717) is 6.61 Å². The summed E-state index contributed by atoms with van der Waals surface area (Å²) in [6, 6.07) is 0. The molecule has 0 aromatic carbocycles. The number of ether oxygens (including phenoxy) is 1. The van der Waals surface area contributed by atoms with Crippen molar-refractivity contribution in [3.8, 4) is 0 Å². The second kappa shape index (κ2) is 5.36. The number of carbonyl (C=O) groups is 1. The van der Waals surface area contributed by atoms with Crippen LogP contribution in [-0.2, 0) is 19.3 Å². The molecule has 1 unspecified atom stereocenters. The van der Waals surface area contributed by atoms with E-state index in [2.05, 4.69) is 27.7 Å². The first kappa shape index (κ1) is 14.5. The van der Waals surface area contributed by atoms with Gasteiger partial charge in [-0.3, -0.25) is 0 Å². The van der Waals surface area contributed by atoms with Gasteiger partial charge in [-0.1, -0.05) is 41.0 Å². The van der Waals surface area contributed by atoms with Gasteiger partial charge in [-0.15, -0.1) is 0 Å². The fraction of sp³-hybridized carbons (Fsp3) is 0.923. The van der Waals surface area contributed by atoms with Crippen LogP contribution in [0.3, 0.4) is 0 Å². The molecule has 0 aromatic heterocycles. The summed E-state index contributed by atoms with van der Waals surface area (Å²) < 4.78 is 5.20. The quantitative estimate of drug-likeness (QED) is 0.312. The van der Waals surface area contributed by atoms with Crippen molar-refractivity contribution in [2.24, 2.45) is 11.3 Å². The monoisotopic (exact) mass is 244 g/mol. The Morgan fingerprint density at radius 3 is 2.24 bits per heavy atom. The van der Waals surface area contributed by atoms with Crippen LogP contribution in [0.2, 0.25) is 0 Å². The zero-order valence-corrected chi connectivity index (χ0v) is 11.5. The molecule has 4 nitrogen and oxygen atoms in total. The molecule has 1 aliphatic heterocycles. The van der Waals surface area contributed by atoms with Gasteiger partial charge in [0.25, 0.3) is 0 Å². The maximum absolute atomic E-state index is 12.0. The predicted octanol–water partition coefficient (Wildman–Crippen LogP) is 3.06. The van der Waals surface area contributed by atoms with E-state index >= 15 is 0 Å². The Labute approximate surface area is 104 Å². The van der Waals surface area contributed by atoms with Crippen LogP contribution in [-0.4, -0.2) is 18.4 Å². The predicted molar refractivity (Wildman–Crippen MR) is 64.0 cm³/mol. The topological polar surface area (TPSA) is 51.4 Å². The van der Waals surface area contributed by atoms with Crippen LogP contribution in [0.5, 0.6) is 0 Å². The van der Waals surface area contributed by atoms with Gasteiger partial charge in [0.05, 0.1) is 6.61 Å². The lowest BCUT2D eigenvalue weighted by molar-refractivity contribution is -0.156. The van der Waals surface area contributed by atoms with E-state index in [-0.39, 0.29) is 17.3 Å². The van der Waals surface area contributed by atoms with Crippen molar-refractivity contribution < 1.29 is 19.3 Å². The van der Waals surface area contributed by atoms with Gasteiger partial charge in [0.1, 0.15) is 0 Å². The normalized spacial score (nSPS) is 19.8. The van der Waals surface area contributed by atoms with Crippen molar-refractivity contribution >= 4 is 5.97 Å². The molecule has 17 heavy (non-hydrogen) atoms. The van der Waals surface area contributed by atoms with Crippen molar-refractivity contribution in [1.29, 1.82) is 0 Å². The number of hydrogen-bond acceptors (Lipinski definition) is 4. The molecule has 0 spiro atoms. The summed E-state index contributed by atoms with van der Waals surface area (Å²) in [5, 5.41) is 0. The second-order valence-electron chi connectivity index (χ2n) is 5.65. The van der Waals surface area contributed by atoms with Crippen LogP contribution in [0, 0.1) is 11.3 Å². The lowest BCUT2D eigenvalue weighted by Gasteiger charge is -2.30. The Hall–Kier alpha value is -0.610. The van der Waals surface area contributed by atoms with Crippen LogP contribution in [0.15, 0.2) is 0 Å². The van der Waals surface area contributed by atoms with E-state index in [1.165, 1.54) is 0 Å². The molecule has 0 aliphatic carbocycles. The maximum Gasteiger partial charge on any atom is 0.373 e. The summed E-state index contributed by atoms with van der Waals surface area (Å²) in [5.74, 6) is -1.53. The van der Waals surface area contributed by atoms with Crippen LogP contribution in [0.25, 0.3) is 0 Å². The number of rotatable bonds is 6. The summed E-state index contributed by atoms with van der Waals surface area (Å²) in [4.78, 5) is 22.0. The van der Waals surface area contributed by atoms with Crippen molar-refractivity contribution in [2.75, 3.05) is 6.61 Å². The van der Waals surface area contributed by atoms with E-state index < -0.39 is 5.79 Å². The van der Waals surface area contributed by atoms with Gasteiger partial charge in [-0.2, -0.15) is 9.78 Å². The number of hydrogen-bond donors (Lipinski definition) is 0. The van der Waals surface area contributed by atoms with Crippen molar-refractivity contribution in [3.63, 3.8) is 0 Å². The van der Waals surface area contributed by atoms with Crippen LogP contribution in [0.4, 0.5) is 0 Å². The summed E-state index contributed by atoms with van der Waals surface area (Å²) >= 11 is 0. The van der Waals surface area contributed by atoms with Crippen LogP contribution < -0.4 is 0 Å². The second-order valence-corrected chi connectivity index (χ2v) is 5.65. The van der Waals surface area contributed by atoms with E-state index in [1.807, 2.05) is 6.92 Å². The lowest BCUT2D eigenvalue weighted by Crippen LogP contribution is -2.41. The van der Waals surface area contributed by atoms with E-state index in [0.717, 1.165) is 19.3 Å². The molecule has 1 heterocycles. The van der Waals surface area contributed by atoms with Crippen molar-refractivity contribution in [1.82, 2.24) is 0 Å². The van der Waals surface area contributed by atoms with E-state index in [9.17, 15) is 4.79 Å². The highest BCUT2D eigenvalue weighted by atomic mass is 17.4. The Morgan fingerprint density at radius 2 is 1.88 bits per heavy atom. The summed E-state index contributed by atoms with van der Waals surface area (Å²) in [6.07, 6.45) is 2.68. The first-order valence-corrected chi connectivity index (χ1v) is 6.42. The Bertz CT molecular complexity index is 263. The van der Waals surface area contributed by atoms with Gasteiger partial charge < -0.3 is 4.74 Å². The summed E-state index contributed by atoms with van der Waals surface area (Å²) in [7, 11) is 0. The van der Waals surface area contributed by atoms with Gasteiger partial charge in [0, 0.05) is 5.92 Å². The highest BCUT2D eigenvalue weighted by molar-refractivity contribution is 5.79. The molecule has 0 N–H and O–H groups in total. The molecule has 0 radical (unpaired) electrons. The number of unbranched alkanes of at least 4 members (excludes halogenated alkanes) is 1. The molecule has 0 aromatic rings. The fourth-order valence-electron chi connectivity index (χ4n) is 2.23. The van der Waals surface area contributed by atoms with E-state index in [4.69, 9.17) is 14.5 Å². The molecule has 1 aliphatic rings. The lowest BCUT2D eigenvalue weighted by atomic mass is 9.74. The Morgan fingerprint density at radius 1 is 1.29 bits per heavy atom.